The third-order valence-corrected chi connectivity index (χ3v) is 5.20. The highest BCUT2D eigenvalue weighted by atomic mass is 79.9. The summed E-state index contributed by atoms with van der Waals surface area (Å²) < 4.78 is 10.3. The topological polar surface area (TPSA) is 67.6 Å². The number of carbonyl (C=O) groups excluding carboxylic acids is 2. The van der Waals surface area contributed by atoms with Gasteiger partial charge in [0.25, 0.3) is 0 Å². The number of hydrogen-bond donors (Lipinski definition) is 1. The van der Waals surface area contributed by atoms with Crippen LogP contribution in [0, 0.1) is 0 Å². The molecule has 0 spiro atoms. The average molecular weight is 406 g/mol. The lowest BCUT2D eigenvalue weighted by Crippen LogP contribution is -2.33. The van der Waals surface area contributed by atoms with Gasteiger partial charge in [-0.1, -0.05) is 17.7 Å². The number of hydrogen-bond acceptors (Lipinski definition) is 6. The standard InChI is InChI=1S/C15H18BrClN2O4/c1-22-12(20)7-4-8-15(14(21)23-2)9-19(15)18-11-6-3-5-10(17)13(11)16/h3,5-6,18H,4,7-9H2,1-2H3. The number of nitrogens with zero attached hydrogens (tertiary/aromatic N) is 1. The van der Waals surface area contributed by atoms with Gasteiger partial charge in [0.05, 0.1) is 35.9 Å². The van der Waals surface area contributed by atoms with Crippen LogP contribution in [0.25, 0.3) is 0 Å². The largest absolute Gasteiger partial charge is 0.469 e. The first-order valence-corrected chi connectivity index (χ1v) is 8.25. The van der Waals surface area contributed by atoms with E-state index in [9.17, 15) is 9.59 Å². The lowest BCUT2D eigenvalue weighted by atomic mass is 10.0. The minimum absolute atomic E-state index is 0.268. The summed E-state index contributed by atoms with van der Waals surface area (Å²) in [5, 5.41) is 2.36. The Labute approximate surface area is 148 Å². The highest BCUT2D eigenvalue weighted by Crippen LogP contribution is 2.40. The summed E-state index contributed by atoms with van der Waals surface area (Å²) in [6.07, 6.45) is 1.31. The Morgan fingerprint density at radius 3 is 2.78 bits per heavy atom. The Morgan fingerprint density at radius 1 is 1.39 bits per heavy atom. The zero-order valence-corrected chi connectivity index (χ0v) is 15.2. The highest BCUT2D eigenvalue weighted by Gasteiger charge is 2.59. The van der Waals surface area contributed by atoms with Crippen LogP contribution >= 0.6 is 27.5 Å². The van der Waals surface area contributed by atoms with Crippen LogP contribution in [0.5, 0.6) is 0 Å². The summed E-state index contributed by atoms with van der Waals surface area (Å²) in [6.45, 7) is 0.500. The van der Waals surface area contributed by atoms with E-state index < -0.39 is 5.54 Å². The molecule has 0 radical (unpaired) electrons. The highest BCUT2D eigenvalue weighted by molar-refractivity contribution is 9.10. The molecular formula is C15H18BrClN2O4. The quantitative estimate of drug-likeness (QED) is 0.556. The second-order valence-corrected chi connectivity index (χ2v) is 6.45. The first-order chi connectivity index (χ1) is 10.9. The number of hydrazine groups is 1. The van der Waals surface area contributed by atoms with Gasteiger partial charge < -0.3 is 14.9 Å². The molecule has 1 aromatic rings. The van der Waals surface area contributed by atoms with Crippen molar-refractivity contribution in [1.29, 1.82) is 0 Å². The molecule has 0 bridgehead atoms. The molecule has 1 aliphatic heterocycles. The van der Waals surface area contributed by atoms with Crippen molar-refractivity contribution < 1.29 is 19.1 Å². The first-order valence-electron chi connectivity index (χ1n) is 7.08. The maximum atomic E-state index is 12.1. The number of rotatable bonds is 7. The van der Waals surface area contributed by atoms with E-state index in [1.807, 2.05) is 12.1 Å². The van der Waals surface area contributed by atoms with Crippen LogP contribution in [0.1, 0.15) is 19.3 Å². The van der Waals surface area contributed by atoms with E-state index in [-0.39, 0.29) is 18.4 Å². The summed E-state index contributed by atoms with van der Waals surface area (Å²) in [5.74, 6) is -0.615. The maximum absolute atomic E-state index is 12.1. The number of methoxy groups -OCH3 is 2. The minimum Gasteiger partial charge on any atom is -0.469 e. The molecule has 1 heterocycles. The molecule has 2 atom stereocenters. The third-order valence-electron chi connectivity index (χ3n) is 3.80. The zero-order chi connectivity index (χ0) is 17.0. The molecule has 0 amide bonds. The fraction of sp³-hybridized carbons (Fsp3) is 0.467. The fourth-order valence-corrected chi connectivity index (χ4v) is 2.94. The number of halogens is 2. The van der Waals surface area contributed by atoms with Gasteiger partial charge in [-0.2, -0.15) is 0 Å². The fourth-order valence-electron chi connectivity index (χ4n) is 2.42. The summed E-state index contributed by atoms with van der Waals surface area (Å²) >= 11 is 9.48. The van der Waals surface area contributed by atoms with Gasteiger partial charge >= 0.3 is 11.9 Å². The molecule has 6 nitrogen and oxygen atoms in total. The number of esters is 2. The average Bonchev–Trinajstić information content (AvgIpc) is 3.24. The van der Waals surface area contributed by atoms with Crippen molar-refractivity contribution in [3.8, 4) is 0 Å². The molecule has 23 heavy (non-hydrogen) atoms. The monoisotopic (exact) mass is 404 g/mol. The van der Waals surface area contributed by atoms with Crippen LogP contribution < -0.4 is 5.43 Å². The molecule has 2 unspecified atom stereocenters. The molecule has 8 heteroatoms. The van der Waals surface area contributed by atoms with Crippen molar-refractivity contribution in [1.82, 2.24) is 5.01 Å². The Balaban J connectivity index is 2.03. The number of nitrogens with one attached hydrogen (secondary N) is 1. The Bertz CT molecular complexity index is 613. The lowest BCUT2D eigenvalue weighted by molar-refractivity contribution is -0.146. The molecular weight excluding hydrogens is 388 g/mol. The number of anilines is 1. The van der Waals surface area contributed by atoms with Crippen LogP contribution in [0.3, 0.4) is 0 Å². The van der Waals surface area contributed by atoms with Crippen molar-refractivity contribution in [3.05, 3.63) is 27.7 Å². The van der Waals surface area contributed by atoms with Crippen LogP contribution in [-0.2, 0) is 19.1 Å². The van der Waals surface area contributed by atoms with Crippen molar-refractivity contribution in [2.24, 2.45) is 0 Å². The predicted octanol–water partition coefficient (Wildman–Crippen LogP) is 3.00. The van der Waals surface area contributed by atoms with Crippen molar-refractivity contribution >= 4 is 45.2 Å². The molecule has 1 saturated heterocycles. The Hall–Kier alpha value is -1.31. The van der Waals surface area contributed by atoms with E-state index in [4.69, 9.17) is 16.3 Å². The van der Waals surface area contributed by atoms with Crippen LogP contribution in [-0.4, -0.2) is 43.3 Å². The van der Waals surface area contributed by atoms with Crippen LogP contribution in [0.4, 0.5) is 5.69 Å². The van der Waals surface area contributed by atoms with Crippen molar-refractivity contribution in [3.63, 3.8) is 0 Å². The van der Waals surface area contributed by atoms with Gasteiger partial charge in [0.1, 0.15) is 0 Å². The van der Waals surface area contributed by atoms with E-state index in [2.05, 4.69) is 26.1 Å². The minimum atomic E-state index is -0.759. The summed E-state index contributed by atoms with van der Waals surface area (Å²) in [7, 11) is 2.70. The molecule has 1 fully saturated rings. The number of ether oxygens (including phenoxy) is 2. The van der Waals surface area contributed by atoms with Gasteiger partial charge in [0, 0.05) is 6.42 Å². The van der Waals surface area contributed by atoms with Crippen LogP contribution in [0.15, 0.2) is 22.7 Å². The predicted molar refractivity (Wildman–Crippen MR) is 90.1 cm³/mol. The van der Waals surface area contributed by atoms with E-state index in [0.29, 0.717) is 24.4 Å². The molecule has 0 aromatic heterocycles. The van der Waals surface area contributed by atoms with Gasteiger partial charge in [-0.15, -0.1) is 0 Å². The Kier molecular flexibility index (Phi) is 5.89. The molecule has 1 aromatic carbocycles. The third kappa shape index (κ3) is 3.97. The summed E-state index contributed by atoms with van der Waals surface area (Å²) in [6, 6.07) is 5.43. The molecule has 1 N–H and O–H groups in total. The van der Waals surface area contributed by atoms with Crippen LogP contribution in [0.2, 0.25) is 5.02 Å². The van der Waals surface area contributed by atoms with E-state index in [1.165, 1.54) is 14.2 Å². The molecule has 2 rings (SSSR count). The molecule has 0 saturated carbocycles. The van der Waals surface area contributed by atoms with Crippen molar-refractivity contribution in [2.75, 3.05) is 26.2 Å². The maximum Gasteiger partial charge on any atom is 0.329 e. The first kappa shape index (κ1) is 18.0. The Morgan fingerprint density at radius 2 is 2.13 bits per heavy atom. The second kappa shape index (κ2) is 7.51. The normalized spacial score (nSPS) is 22.3. The summed E-state index contributed by atoms with van der Waals surface area (Å²) in [5.41, 5.74) is 3.17. The SMILES string of the molecule is COC(=O)CCCC1(C(=O)OC)CN1Nc1cccc(Cl)c1Br. The molecule has 0 aliphatic carbocycles. The van der Waals surface area contributed by atoms with Gasteiger partial charge in [-0.25, -0.2) is 9.80 Å². The smallest absolute Gasteiger partial charge is 0.329 e. The molecule has 126 valence electrons. The zero-order valence-electron chi connectivity index (χ0n) is 12.9. The number of carbonyl (C=O) groups is 2. The summed E-state index contributed by atoms with van der Waals surface area (Å²) in [4.78, 5) is 23.4. The van der Waals surface area contributed by atoms with E-state index in [1.54, 1.807) is 11.1 Å². The number of benzene rings is 1. The van der Waals surface area contributed by atoms with Gasteiger partial charge in [-0.3, -0.25) is 4.79 Å². The van der Waals surface area contributed by atoms with Gasteiger partial charge in [0.15, 0.2) is 5.54 Å². The van der Waals surface area contributed by atoms with Gasteiger partial charge in [-0.05, 0) is 40.9 Å². The molecule has 1 aliphatic rings. The van der Waals surface area contributed by atoms with E-state index in [0.717, 1.165) is 10.2 Å². The lowest BCUT2D eigenvalue weighted by Gasteiger charge is -2.17. The second-order valence-electron chi connectivity index (χ2n) is 5.25. The van der Waals surface area contributed by atoms with Gasteiger partial charge in [0.2, 0.25) is 0 Å². The van der Waals surface area contributed by atoms with E-state index >= 15 is 0 Å². The van der Waals surface area contributed by atoms with Crippen molar-refractivity contribution in [2.45, 2.75) is 24.8 Å².